The second-order valence-corrected chi connectivity index (χ2v) is 13.3. The normalized spacial score (nSPS) is 15.0. The number of thioether (sulfide) groups is 1. The van der Waals surface area contributed by atoms with Gasteiger partial charge in [-0.1, -0.05) is 130 Å². The highest BCUT2D eigenvalue weighted by Crippen LogP contribution is 2.34. The van der Waals surface area contributed by atoms with Crippen LogP contribution in [-0.4, -0.2) is 42.0 Å². The van der Waals surface area contributed by atoms with E-state index in [0.717, 1.165) is 22.4 Å². The zero-order valence-corrected chi connectivity index (χ0v) is 26.6. The first-order chi connectivity index (χ1) is 22.3. The Morgan fingerprint density at radius 3 is 2.22 bits per heavy atom. The molecule has 0 bridgehead atoms. The number of para-hydroxylation sites is 1. The fourth-order valence-corrected chi connectivity index (χ4v) is 6.48. The molecule has 3 heterocycles. The van der Waals surface area contributed by atoms with Crippen molar-refractivity contribution in [2.75, 3.05) is 5.75 Å². The number of benzene rings is 4. The van der Waals surface area contributed by atoms with Crippen LogP contribution in [0.25, 0.3) is 27.8 Å². The summed E-state index contributed by atoms with van der Waals surface area (Å²) >= 11 is 1.26. The first kappa shape index (κ1) is 29.6. The van der Waals surface area contributed by atoms with Gasteiger partial charge in [-0.3, -0.25) is 9.59 Å². The predicted octanol–water partition coefficient (Wildman–Crippen LogP) is 7.07. The largest absolute Gasteiger partial charge is 0.300 e. The summed E-state index contributed by atoms with van der Waals surface area (Å²) < 4.78 is 1.59. The van der Waals surface area contributed by atoms with Gasteiger partial charge < -0.3 is 0 Å². The summed E-state index contributed by atoms with van der Waals surface area (Å²) in [5.74, 6) is -0.0847. The van der Waals surface area contributed by atoms with Crippen LogP contribution in [0.1, 0.15) is 49.9 Å². The van der Waals surface area contributed by atoms with Crippen LogP contribution in [-0.2, 0) is 10.2 Å². The van der Waals surface area contributed by atoms with E-state index >= 15 is 0 Å². The number of carbonyl (C=O) groups is 1. The Labute approximate surface area is 270 Å². The van der Waals surface area contributed by atoms with Crippen molar-refractivity contribution in [3.63, 3.8) is 0 Å². The smallest absolute Gasteiger partial charge is 0.272 e. The molecule has 0 saturated carbocycles. The molecule has 1 aliphatic rings. The molecule has 1 atom stereocenters. The van der Waals surface area contributed by atoms with Gasteiger partial charge in [0.15, 0.2) is 16.5 Å². The molecule has 6 aromatic rings. The highest BCUT2D eigenvalue weighted by Gasteiger charge is 2.33. The fourth-order valence-electron chi connectivity index (χ4n) is 5.68. The average Bonchev–Trinajstić information content (AvgIpc) is 3.53. The lowest BCUT2D eigenvalue weighted by atomic mass is 9.86. The SMILES string of the molecule is CC(C)(C)c1ccc(-c2nn3c(SCC(=O)N4N=C(c5ccccc5)CC4c4ccccc4)nc4ccccc4c3nc2=O)cc1. The summed E-state index contributed by atoms with van der Waals surface area (Å²) in [5, 5.41) is 12.4. The van der Waals surface area contributed by atoms with Gasteiger partial charge in [-0.15, -0.1) is 0 Å². The van der Waals surface area contributed by atoms with Gasteiger partial charge >= 0.3 is 0 Å². The second kappa shape index (κ2) is 12.0. The van der Waals surface area contributed by atoms with Crippen molar-refractivity contribution >= 4 is 39.9 Å². The first-order valence-electron chi connectivity index (χ1n) is 15.2. The zero-order valence-electron chi connectivity index (χ0n) is 25.8. The van der Waals surface area contributed by atoms with Crippen molar-refractivity contribution in [1.82, 2.24) is 24.6 Å². The van der Waals surface area contributed by atoms with Crippen molar-refractivity contribution in [3.05, 3.63) is 136 Å². The minimum Gasteiger partial charge on any atom is -0.272 e. The third kappa shape index (κ3) is 5.70. The van der Waals surface area contributed by atoms with Crippen molar-refractivity contribution < 1.29 is 4.79 Å². The van der Waals surface area contributed by atoms with E-state index in [9.17, 15) is 9.59 Å². The average molecular weight is 625 g/mol. The Hall–Kier alpha value is -5.15. The van der Waals surface area contributed by atoms with Gasteiger partial charge in [-0.2, -0.15) is 19.7 Å². The van der Waals surface area contributed by atoms with Crippen LogP contribution in [0.3, 0.4) is 0 Å². The molecule has 0 aliphatic carbocycles. The molecule has 4 aromatic carbocycles. The van der Waals surface area contributed by atoms with E-state index in [0.29, 0.717) is 33.7 Å². The van der Waals surface area contributed by atoms with Crippen LogP contribution in [0.15, 0.2) is 124 Å². The summed E-state index contributed by atoms with van der Waals surface area (Å²) in [7, 11) is 0. The van der Waals surface area contributed by atoms with E-state index < -0.39 is 5.56 Å². The molecule has 0 N–H and O–H groups in total. The van der Waals surface area contributed by atoms with Crippen LogP contribution in [0.5, 0.6) is 0 Å². The van der Waals surface area contributed by atoms with Gasteiger partial charge in [-0.05, 0) is 34.2 Å². The number of amides is 1. The molecular formula is C37H32N6O2S. The topological polar surface area (TPSA) is 92.8 Å². The Balaban J connectivity index is 1.25. The van der Waals surface area contributed by atoms with E-state index in [2.05, 4.69) is 25.8 Å². The van der Waals surface area contributed by atoms with Gasteiger partial charge in [0.2, 0.25) is 0 Å². The molecule has 0 fully saturated rings. The van der Waals surface area contributed by atoms with Gasteiger partial charge in [-0.25, -0.2) is 9.99 Å². The Morgan fingerprint density at radius 1 is 0.826 bits per heavy atom. The quantitative estimate of drug-likeness (QED) is 0.112. The van der Waals surface area contributed by atoms with Crippen LogP contribution < -0.4 is 5.56 Å². The molecule has 7 rings (SSSR count). The number of hydrogen-bond donors (Lipinski definition) is 0. The molecule has 1 unspecified atom stereocenters. The minimum absolute atomic E-state index is 0.0252. The number of hydrogen-bond acceptors (Lipinski definition) is 7. The summed E-state index contributed by atoms with van der Waals surface area (Å²) in [6, 6.07) is 35.1. The summed E-state index contributed by atoms with van der Waals surface area (Å²) in [6.45, 7) is 6.44. The van der Waals surface area contributed by atoms with Crippen LogP contribution in [0.2, 0.25) is 0 Å². The van der Waals surface area contributed by atoms with Crippen molar-refractivity contribution in [3.8, 4) is 11.3 Å². The van der Waals surface area contributed by atoms with Crippen molar-refractivity contribution in [2.45, 2.75) is 43.8 Å². The lowest BCUT2D eigenvalue weighted by Gasteiger charge is -2.22. The van der Waals surface area contributed by atoms with Gasteiger partial charge in [0.05, 0.1) is 23.0 Å². The van der Waals surface area contributed by atoms with Gasteiger partial charge in [0.1, 0.15) is 0 Å². The number of rotatable bonds is 6. The Morgan fingerprint density at radius 2 is 1.50 bits per heavy atom. The minimum atomic E-state index is -0.419. The molecule has 0 radical (unpaired) electrons. The number of hydrazone groups is 1. The van der Waals surface area contributed by atoms with E-state index in [-0.39, 0.29) is 28.8 Å². The maximum absolute atomic E-state index is 13.9. The molecular weight excluding hydrogens is 593 g/mol. The third-order valence-electron chi connectivity index (χ3n) is 8.16. The van der Waals surface area contributed by atoms with Gasteiger partial charge in [0, 0.05) is 17.4 Å². The number of nitrogens with zero attached hydrogens (tertiary/aromatic N) is 6. The lowest BCUT2D eigenvalue weighted by Crippen LogP contribution is -2.28. The van der Waals surface area contributed by atoms with E-state index in [1.165, 1.54) is 11.8 Å². The Bertz CT molecular complexity index is 2160. The number of carbonyl (C=O) groups excluding carboxylic acids is 1. The molecule has 0 saturated heterocycles. The summed E-state index contributed by atoms with van der Waals surface area (Å²) in [4.78, 5) is 36.6. The Kier molecular flexibility index (Phi) is 7.70. The van der Waals surface area contributed by atoms with Crippen molar-refractivity contribution in [2.24, 2.45) is 5.10 Å². The first-order valence-corrected chi connectivity index (χ1v) is 16.2. The van der Waals surface area contributed by atoms with Gasteiger partial charge in [0.25, 0.3) is 11.5 Å². The fraction of sp³-hybridized carbons (Fsp3) is 0.189. The zero-order chi connectivity index (χ0) is 31.8. The lowest BCUT2D eigenvalue weighted by molar-refractivity contribution is -0.130. The monoisotopic (exact) mass is 624 g/mol. The molecule has 2 aromatic heterocycles. The number of aromatic nitrogens is 4. The molecule has 228 valence electrons. The van der Waals surface area contributed by atoms with Crippen molar-refractivity contribution in [1.29, 1.82) is 0 Å². The summed E-state index contributed by atoms with van der Waals surface area (Å²) in [5.41, 5.74) is 5.56. The van der Waals surface area contributed by atoms with Crippen LogP contribution >= 0.6 is 11.8 Å². The molecule has 1 aliphatic heterocycles. The molecule has 8 nitrogen and oxygen atoms in total. The predicted molar refractivity (Wildman–Crippen MR) is 183 cm³/mol. The highest BCUT2D eigenvalue weighted by molar-refractivity contribution is 7.99. The molecule has 0 spiro atoms. The van der Waals surface area contributed by atoms with E-state index in [1.54, 1.807) is 9.52 Å². The number of fused-ring (bicyclic) bond motifs is 3. The highest BCUT2D eigenvalue weighted by atomic mass is 32.2. The maximum Gasteiger partial charge on any atom is 0.300 e. The molecule has 46 heavy (non-hydrogen) atoms. The molecule has 1 amide bonds. The van der Waals surface area contributed by atoms with Crippen LogP contribution in [0.4, 0.5) is 0 Å². The third-order valence-corrected chi connectivity index (χ3v) is 9.07. The summed E-state index contributed by atoms with van der Waals surface area (Å²) in [6.07, 6.45) is 0.617. The van der Waals surface area contributed by atoms with E-state index in [1.807, 2.05) is 109 Å². The van der Waals surface area contributed by atoms with Crippen LogP contribution in [0, 0.1) is 0 Å². The standard InChI is InChI=1S/C37H32N6O2S/c1-37(2,3)27-20-18-26(19-21-27)33-35(45)39-34-28-16-10-11-17-29(28)38-36(43(34)41-33)46-23-32(44)42-31(25-14-8-5-9-15-25)22-30(40-42)24-12-6-4-7-13-24/h4-21,31H,22-23H2,1-3H3. The maximum atomic E-state index is 13.9. The second-order valence-electron chi connectivity index (χ2n) is 12.3. The molecule has 9 heteroatoms. The van der Waals surface area contributed by atoms with E-state index in [4.69, 9.17) is 15.2 Å².